The van der Waals surface area contributed by atoms with Crippen molar-refractivity contribution < 1.29 is 31.9 Å². The van der Waals surface area contributed by atoms with Crippen molar-refractivity contribution in [3.05, 3.63) is 87.4 Å². The molecule has 0 saturated heterocycles. The maximum absolute atomic E-state index is 14.6. The molecule has 0 atom stereocenters. The summed E-state index contributed by atoms with van der Waals surface area (Å²) in [4.78, 5) is 27.3. The molecule has 36 heavy (non-hydrogen) atoms. The van der Waals surface area contributed by atoms with Gasteiger partial charge in [0.15, 0.2) is 0 Å². The second-order valence-corrected chi connectivity index (χ2v) is 9.15. The van der Waals surface area contributed by atoms with Crippen LogP contribution in [0.15, 0.2) is 47.4 Å². The maximum atomic E-state index is 14.6. The molecule has 1 aliphatic heterocycles. The summed E-state index contributed by atoms with van der Waals surface area (Å²) in [6.07, 6.45) is 0. The smallest absolute Gasteiger partial charge is 0.251 e. The third-order valence-electron chi connectivity index (χ3n) is 5.46. The predicted octanol–water partition coefficient (Wildman–Crippen LogP) is 5.86. The highest BCUT2D eigenvalue weighted by molar-refractivity contribution is 8.00. The topological polar surface area (TPSA) is 58.6 Å². The zero-order valence-electron chi connectivity index (χ0n) is 18.8. The van der Waals surface area contributed by atoms with Crippen LogP contribution in [0.25, 0.3) is 0 Å². The zero-order chi connectivity index (χ0) is 26.0. The minimum atomic E-state index is -1.11. The average molecular weight is 539 g/mol. The Morgan fingerprint density at radius 1 is 1.06 bits per heavy atom. The first-order chi connectivity index (χ1) is 17.2. The molecular weight excluding hydrogens is 520 g/mol. The molecule has 0 bridgehead atoms. The van der Waals surface area contributed by atoms with E-state index in [0.717, 1.165) is 0 Å². The molecule has 0 saturated carbocycles. The molecular formula is C25H19ClF4N2O3S. The Labute approximate surface area is 213 Å². The summed E-state index contributed by atoms with van der Waals surface area (Å²) in [5.74, 6) is -4.41. The van der Waals surface area contributed by atoms with Crippen LogP contribution in [0, 0.1) is 23.3 Å². The zero-order valence-corrected chi connectivity index (χ0v) is 20.4. The Kier molecular flexibility index (Phi) is 7.75. The summed E-state index contributed by atoms with van der Waals surface area (Å²) in [5, 5.41) is 2.47. The molecule has 3 aromatic carbocycles. The maximum Gasteiger partial charge on any atom is 0.251 e. The number of halogens is 5. The number of amides is 2. The highest BCUT2D eigenvalue weighted by atomic mass is 35.5. The van der Waals surface area contributed by atoms with E-state index in [-0.39, 0.29) is 34.4 Å². The number of anilines is 1. The summed E-state index contributed by atoms with van der Waals surface area (Å²) >= 11 is 7.53. The first-order valence-corrected chi connectivity index (χ1v) is 12.1. The number of hydrogen-bond acceptors (Lipinski definition) is 4. The molecule has 5 nitrogen and oxygen atoms in total. The third-order valence-corrected chi connectivity index (χ3v) is 6.91. The molecule has 0 unspecified atom stereocenters. The fourth-order valence-electron chi connectivity index (χ4n) is 3.68. The van der Waals surface area contributed by atoms with Crippen molar-refractivity contribution in [2.75, 3.05) is 17.3 Å². The number of hydrogen-bond donors (Lipinski definition) is 1. The van der Waals surface area contributed by atoms with Crippen molar-refractivity contribution in [3.8, 4) is 5.75 Å². The second kappa shape index (κ2) is 10.8. The Morgan fingerprint density at radius 2 is 1.78 bits per heavy atom. The molecule has 0 fully saturated rings. The van der Waals surface area contributed by atoms with E-state index in [4.69, 9.17) is 16.3 Å². The van der Waals surface area contributed by atoms with Gasteiger partial charge in [0.2, 0.25) is 5.91 Å². The summed E-state index contributed by atoms with van der Waals surface area (Å²) in [5.41, 5.74) is 0.266. The molecule has 0 radical (unpaired) electrons. The van der Waals surface area contributed by atoms with Crippen molar-refractivity contribution in [1.82, 2.24) is 5.32 Å². The van der Waals surface area contributed by atoms with Crippen molar-refractivity contribution >= 4 is 40.9 Å². The first-order valence-electron chi connectivity index (χ1n) is 10.8. The van der Waals surface area contributed by atoms with E-state index >= 15 is 0 Å². The number of benzene rings is 3. The van der Waals surface area contributed by atoms with Crippen LogP contribution in [-0.4, -0.2) is 24.2 Å². The lowest BCUT2D eigenvalue weighted by Gasteiger charge is -2.30. The van der Waals surface area contributed by atoms with E-state index < -0.39 is 41.3 Å². The molecule has 0 spiro atoms. The number of carbonyl (C=O) groups excluding carboxylic acids is 2. The lowest BCUT2D eigenvalue weighted by atomic mass is 10.1. The van der Waals surface area contributed by atoms with Gasteiger partial charge in [-0.3, -0.25) is 9.59 Å². The van der Waals surface area contributed by atoms with Crippen LogP contribution < -0.4 is 15.0 Å². The molecule has 1 aliphatic rings. The van der Waals surface area contributed by atoms with Gasteiger partial charge in [-0.05, 0) is 37.3 Å². The Morgan fingerprint density at radius 3 is 2.47 bits per heavy atom. The van der Waals surface area contributed by atoms with Gasteiger partial charge in [0.25, 0.3) is 5.91 Å². The van der Waals surface area contributed by atoms with Gasteiger partial charge in [0, 0.05) is 40.3 Å². The SMILES string of the molecule is CCOc1ccc(F)c(CN2C(=O)CSc3cc(C(=O)NCc4c(F)cc(F)cc4F)ccc32)c1Cl. The summed E-state index contributed by atoms with van der Waals surface area (Å²) in [6.45, 7) is 1.46. The number of ether oxygens (including phenoxy) is 1. The quantitative estimate of drug-likeness (QED) is 0.383. The van der Waals surface area contributed by atoms with E-state index in [1.165, 1.54) is 47.0 Å². The van der Waals surface area contributed by atoms with Gasteiger partial charge < -0.3 is 15.0 Å². The van der Waals surface area contributed by atoms with Crippen LogP contribution in [0.4, 0.5) is 23.2 Å². The van der Waals surface area contributed by atoms with Crippen LogP contribution in [0.2, 0.25) is 5.02 Å². The molecule has 1 N–H and O–H groups in total. The van der Waals surface area contributed by atoms with E-state index in [0.29, 0.717) is 35.1 Å². The van der Waals surface area contributed by atoms with Crippen LogP contribution in [0.3, 0.4) is 0 Å². The number of nitrogens with one attached hydrogen (secondary N) is 1. The van der Waals surface area contributed by atoms with Crippen LogP contribution in [-0.2, 0) is 17.9 Å². The van der Waals surface area contributed by atoms with E-state index in [1.807, 2.05) is 0 Å². The second-order valence-electron chi connectivity index (χ2n) is 7.75. The van der Waals surface area contributed by atoms with E-state index in [1.54, 1.807) is 6.92 Å². The molecule has 188 valence electrons. The molecule has 0 aliphatic carbocycles. The fourth-order valence-corrected chi connectivity index (χ4v) is 4.92. The monoisotopic (exact) mass is 538 g/mol. The molecule has 3 aromatic rings. The van der Waals surface area contributed by atoms with Crippen molar-refractivity contribution in [3.63, 3.8) is 0 Å². The highest BCUT2D eigenvalue weighted by Crippen LogP contribution is 2.39. The Hall–Kier alpha value is -3.24. The summed E-state index contributed by atoms with van der Waals surface area (Å²) < 4.78 is 60.8. The largest absolute Gasteiger partial charge is 0.492 e. The van der Waals surface area contributed by atoms with Gasteiger partial charge in [-0.25, -0.2) is 17.6 Å². The fraction of sp³-hybridized carbons (Fsp3) is 0.200. The van der Waals surface area contributed by atoms with Crippen molar-refractivity contribution in [2.24, 2.45) is 0 Å². The van der Waals surface area contributed by atoms with Crippen LogP contribution >= 0.6 is 23.4 Å². The third kappa shape index (κ3) is 5.29. The molecule has 4 rings (SSSR count). The number of rotatable bonds is 7. The average Bonchev–Trinajstić information content (AvgIpc) is 2.83. The minimum absolute atomic E-state index is 0.0501. The van der Waals surface area contributed by atoms with Crippen LogP contribution in [0.5, 0.6) is 5.75 Å². The predicted molar refractivity (Wildman–Crippen MR) is 128 cm³/mol. The minimum Gasteiger partial charge on any atom is -0.492 e. The summed E-state index contributed by atoms with van der Waals surface area (Å²) in [6, 6.07) is 8.20. The first kappa shape index (κ1) is 25.8. The number of fused-ring (bicyclic) bond motifs is 1. The molecule has 11 heteroatoms. The Bertz CT molecular complexity index is 1330. The lowest BCUT2D eigenvalue weighted by Crippen LogP contribution is -2.35. The number of thioether (sulfide) groups is 1. The number of carbonyl (C=O) groups is 2. The highest BCUT2D eigenvalue weighted by Gasteiger charge is 2.28. The van der Waals surface area contributed by atoms with E-state index in [9.17, 15) is 27.2 Å². The van der Waals surface area contributed by atoms with E-state index in [2.05, 4.69) is 5.32 Å². The van der Waals surface area contributed by atoms with Gasteiger partial charge in [-0.1, -0.05) is 11.6 Å². The normalized spacial score (nSPS) is 12.9. The van der Waals surface area contributed by atoms with Crippen LogP contribution in [0.1, 0.15) is 28.4 Å². The van der Waals surface area contributed by atoms with Gasteiger partial charge in [0.05, 0.1) is 29.6 Å². The van der Waals surface area contributed by atoms with Gasteiger partial charge in [-0.15, -0.1) is 11.8 Å². The van der Waals surface area contributed by atoms with Gasteiger partial charge in [0.1, 0.15) is 29.0 Å². The van der Waals surface area contributed by atoms with Gasteiger partial charge in [-0.2, -0.15) is 0 Å². The molecule has 1 heterocycles. The Balaban J connectivity index is 1.55. The van der Waals surface area contributed by atoms with Gasteiger partial charge >= 0.3 is 0 Å². The van der Waals surface area contributed by atoms with Crippen molar-refractivity contribution in [1.29, 1.82) is 0 Å². The summed E-state index contributed by atoms with van der Waals surface area (Å²) in [7, 11) is 0. The lowest BCUT2D eigenvalue weighted by molar-refractivity contribution is -0.116. The standard InChI is InChI=1S/C25H19ClF4N2O3S/c1-2-35-21-6-4-17(28)16(24(21)26)11-32-20-5-3-13(7-22(20)36-12-23(32)33)25(34)31-10-15-18(29)8-14(27)9-19(15)30/h3-9H,2,10-12H2,1H3,(H,31,34). The van der Waals surface area contributed by atoms with Crippen molar-refractivity contribution in [2.45, 2.75) is 24.9 Å². The molecule has 2 amide bonds. The number of nitrogens with zero attached hydrogens (tertiary/aromatic N) is 1. The molecule has 0 aromatic heterocycles.